The molecule has 3 atom stereocenters. The first-order chi connectivity index (χ1) is 12.0. The minimum absolute atomic E-state index is 0.257. The molecule has 0 saturated heterocycles. The van der Waals surface area contributed by atoms with Gasteiger partial charge in [0.15, 0.2) is 5.78 Å². The lowest BCUT2D eigenvalue weighted by atomic mass is 9.96. The lowest BCUT2D eigenvalue weighted by Crippen LogP contribution is -2.32. The van der Waals surface area contributed by atoms with Crippen LogP contribution in [0, 0.1) is 5.82 Å². The van der Waals surface area contributed by atoms with Crippen LogP contribution in [0.4, 0.5) is 4.39 Å². The van der Waals surface area contributed by atoms with Gasteiger partial charge in [0.25, 0.3) is 0 Å². The fourth-order valence-electron chi connectivity index (χ4n) is 2.81. The smallest absolute Gasteiger partial charge is 0.231 e. The Bertz CT molecular complexity index is 794. The Labute approximate surface area is 146 Å². The van der Waals surface area contributed by atoms with Crippen LogP contribution < -0.4 is 10.0 Å². The zero-order valence-electron chi connectivity index (χ0n) is 13.2. The highest BCUT2D eigenvalue weighted by atomic mass is 32.2. The summed E-state index contributed by atoms with van der Waals surface area (Å²) in [6, 6.07) is 3.81. The Balaban J connectivity index is 1.71. The second-order valence-electron chi connectivity index (χ2n) is 5.68. The third-order valence-corrected chi connectivity index (χ3v) is 4.39. The number of ketones is 1. The number of aryl methyl sites for hydroxylation is 1. The first kappa shape index (κ1) is 17.6. The maximum Gasteiger partial charge on any atom is 0.231 e. The van der Waals surface area contributed by atoms with E-state index in [-0.39, 0.29) is 17.5 Å². The number of hydrogen-bond acceptors (Lipinski definition) is 5. The van der Waals surface area contributed by atoms with Crippen LogP contribution in [0.2, 0.25) is 0 Å². The molecule has 0 amide bonds. The quantitative estimate of drug-likeness (QED) is 0.382. The van der Waals surface area contributed by atoms with Gasteiger partial charge in [0.1, 0.15) is 18.0 Å². The molecule has 9 heteroatoms. The monoisotopic (exact) mass is 364 g/mol. The van der Waals surface area contributed by atoms with Crippen molar-refractivity contribution in [1.29, 1.82) is 0 Å². The van der Waals surface area contributed by atoms with Gasteiger partial charge < -0.3 is 5.32 Å². The molecule has 132 valence electrons. The van der Waals surface area contributed by atoms with Crippen LogP contribution in [-0.2, 0) is 17.7 Å². The molecule has 1 aromatic rings. The molecule has 1 aromatic carbocycles. The fourth-order valence-corrected chi connectivity index (χ4v) is 3.13. The number of aliphatic imine (C=N–C) groups is 2. The van der Waals surface area contributed by atoms with Crippen molar-refractivity contribution >= 4 is 29.5 Å². The summed E-state index contributed by atoms with van der Waals surface area (Å²) in [4.78, 5) is 21.2. The first-order valence-electron chi connectivity index (χ1n) is 7.74. The normalized spacial score (nSPS) is 22.2. The van der Waals surface area contributed by atoms with E-state index < -0.39 is 23.1 Å². The predicted molar refractivity (Wildman–Crippen MR) is 93.6 cm³/mol. The summed E-state index contributed by atoms with van der Waals surface area (Å²) in [6.45, 7) is 0.314. The highest BCUT2D eigenvalue weighted by Crippen LogP contribution is 2.24. The molecule has 25 heavy (non-hydrogen) atoms. The van der Waals surface area contributed by atoms with Gasteiger partial charge in [-0.15, -0.1) is 0 Å². The summed E-state index contributed by atoms with van der Waals surface area (Å²) in [7, 11) is 0. The lowest BCUT2D eigenvalue weighted by molar-refractivity contribution is 0.102. The zero-order chi connectivity index (χ0) is 17.8. The summed E-state index contributed by atoms with van der Waals surface area (Å²) in [5, 5.41) is 2.99. The summed E-state index contributed by atoms with van der Waals surface area (Å²) in [5.74, 6) is -0.780. The Kier molecular flexibility index (Phi) is 5.47. The van der Waals surface area contributed by atoms with Gasteiger partial charge in [-0.25, -0.2) is 13.3 Å². The fraction of sp³-hybridized carbons (Fsp3) is 0.312. The van der Waals surface area contributed by atoms with E-state index in [1.165, 1.54) is 12.1 Å². The molecule has 3 rings (SSSR count). The van der Waals surface area contributed by atoms with Crippen LogP contribution in [0.25, 0.3) is 0 Å². The number of carbonyl (C=O) groups excluding carboxylic acids is 1. The minimum atomic E-state index is -2.06. The summed E-state index contributed by atoms with van der Waals surface area (Å²) >= 11 is -2.06. The van der Waals surface area contributed by atoms with Crippen LogP contribution in [0.5, 0.6) is 0 Å². The van der Waals surface area contributed by atoms with Crippen molar-refractivity contribution in [3.05, 3.63) is 46.9 Å². The van der Waals surface area contributed by atoms with Crippen LogP contribution in [0.3, 0.4) is 0 Å². The van der Waals surface area contributed by atoms with Gasteiger partial charge in [0.2, 0.25) is 11.3 Å². The number of nitrogens with one attached hydrogen (secondary N) is 2. The van der Waals surface area contributed by atoms with Gasteiger partial charge in [-0.1, -0.05) is 0 Å². The molecular formula is C16H17FN4O3S. The van der Waals surface area contributed by atoms with Crippen molar-refractivity contribution in [2.24, 2.45) is 9.98 Å². The molecule has 2 aliphatic rings. The molecule has 0 aliphatic carbocycles. The van der Waals surface area contributed by atoms with E-state index in [0.29, 0.717) is 30.5 Å². The van der Waals surface area contributed by atoms with Crippen molar-refractivity contribution in [1.82, 2.24) is 10.0 Å². The van der Waals surface area contributed by atoms with Gasteiger partial charge in [-0.2, -0.15) is 0 Å². The molecule has 7 nitrogen and oxygen atoms in total. The molecule has 0 radical (unpaired) electrons. The maximum absolute atomic E-state index is 13.9. The van der Waals surface area contributed by atoms with E-state index in [1.807, 2.05) is 0 Å². The second-order valence-corrected chi connectivity index (χ2v) is 6.46. The number of benzene rings is 1. The number of nitrogens with zero attached hydrogens (tertiary/aromatic N) is 2. The van der Waals surface area contributed by atoms with E-state index in [4.69, 9.17) is 4.55 Å². The molecule has 0 fully saturated rings. The molecule has 3 unspecified atom stereocenters. The van der Waals surface area contributed by atoms with Crippen molar-refractivity contribution < 1.29 is 17.9 Å². The van der Waals surface area contributed by atoms with Gasteiger partial charge in [0.05, 0.1) is 0 Å². The predicted octanol–water partition coefficient (Wildman–Crippen LogP) is 1.00. The minimum Gasteiger partial charge on any atom is -0.367 e. The molecule has 0 saturated carbocycles. The van der Waals surface area contributed by atoms with Crippen molar-refractivity contribution in [3.8, 4) is 0 Å². The van der Waals surface area contributed by atoms with Gasteiger partial charge >= 0.3 is 0 Å². The Morgan fingerprint density at radius 1 is 1.32 bits per heavy atom. The van der Waals surface area contributed by atoms with Gasteiger partial charge in [0, 0.05) is 36.3 Å². The Morgan fingerprint density at radius 2 is 2.12 bits per heavy atom. The van der Waals surface area contributed by atoms with E-state index >= 15 is 0 Å². The Morgan fingerprint density at radius 3 is 2.92 bits per heavy atom. The number of fused-ring (bicyclic) bond motifs is 1. The molecule has 2 heterocycles. The summed E-state index contributed by atoms with van der Waals surface area (Å²) in [5.41, 5.74) is 1.36. The van der Waals surface area contributed by atoms with Crippen LogP contribution in [0.15, 0.2) is 40.0 Å². The van der Waals surface area contributed by atoms with E-state index in [1.54, 1.807) is 24.7 Å². The average Bonchev–Trinajstić information content (AvgIpc) is 3.01. The SMILES string of the molecule is O=C(C1=CNC2N=CC=NC12)c1cc(F)cc(CCCNS(=O)O)c1. The molecular weight excluding hydrogens is 347 g/mol. The number of rotatable bonds is 7. The molecule has 0 spiro atoms. The third-order valence-electron chi connectivity index (χ3n) is 3.94. The van der Waals surface area contributed by atoms with Crippen molar-refractivity contribution in [2.75, 3.05) is 6.54 Å². The van der Waals surface area contributed by atoms with Crippen molar-refractivity contribution in [3.63, 3.8) is 0 Å². The molecule has 0 aromatic heterocycles. The largest absolute Gasteiger partial charge is 0.367 e. The molecule has 2 aliphatic heterocycles. The van der Waals surface area contributed by atoms with Crippen molar-refractivity contribution in [2.45, 2.75) is 25.0 Å². The topological polar surface area (TPSA) is 103 Å². The summed E-state index contributed by atoms with van der Waals surface area (Å²) < 4.78 is 35.4. The van der Waals surface area contributed by atoms with Crippen LogP contribution in [-0.4, -0.2) is 45.7 Å². The second kappa shape index (κ2) is 7.77. The molecule has 3 N–H and O–H groups in total. The highest BCUT2D eigenvalue weighted by Gasteiger charge is 2.34. The van der Waals surface area contributed by atoms with Crippen LogP contribution in [0.1, 0.15) is 22.3 Å². The standard InChI is InChI=1S/C16H17FN4O3S/c17-12-7-10(2-1-3-21-25(23)24)6-11(8-12)15(22)13-9-20-16-14(13)18-4-5-19-16/h4-9,14,16,20-21H,1-3H2,(H,23,24). The van der Waals surface area contributed by atoms with Crippen LogP contribution >= 0.6 is 0 Å². The maximum atomic E-state index is 13.9. The highest BCUT2D eigenvalue weighted by molar-refractivity contribution is 7.77. The van der Waals surface area contributed by atoms with E-state index in [9.17, 15) is 13.4 Å². The number of halogens is 1. The van der Waals surface area contributed by atoms with Gasteiger partial charge in [-0.05, 0) is 36.6 Å². The van der Waals surface area contributed by atoms with E-state index in [0.717, 1.165) is 0 Å². The third kappa shape index (κ3) is 4.25. The lowest BCUT2D eigenvalue weighted by Gasteiger charge is -2.17. The first-order valence-corrected chi connectivity index (χ1v) is 8.85. The Hall–Kier alpha value is -2.23. The zero-order valence-corrected chi connectivity index (χ0v) is 14.0. The average molecular weight is 364 g/mol. The number of hydrogen-bond donors (Lipinski definition) is 3. The number of Topliss-reactive ketones (excluding diaryl/α,β-unsaturated/α-hetero) is 1. The summed E-state index contributed by atoms with van der Waals surface area (Å²) in [6.07, 6.45) is 5.43. The molecule has 0 bridgehead atoms. The van der Waals surface area contributed by atoms with E-state index in [2.05, 4.69) is 20.0 Å². The van der Waals surface area contributed by atoms with Gasteiger partial charge in [-0.3, -0.25) is 19.3 Å². The number of carbonyl (C=O) groups is 1.